The molecule has 0 saturated carbocycles. The Morgan fingerprint density at radius 2 is 2.23 bits per heavy atom. The van der Waals surface area contributed by atoms with E-state index < -0.39 is 5.60 Å². The standard InChI is InChI=1S/C15H20N4O2S/c1-8-17-12(16)11-9-5-6-19(14(20)21-15(2,3)4)7-10(9)22-13(11)18-8/h18H,1,5-7H2,2-4H3,(H2,16,17). The summed E-state index contributed by atoms with van der Waals surface area (Å²) in [5, 5.41) is 4.12. The van der Waals surface area contributed by atoms with Crippen LogP contribution in [-0.2, 0) is 17.7 Å². The van der Waals surface area contributed by atoms with Crippen LogP contribution in [0.1, 0.15) is 36.8 Å². The van der Waals surface area contributed by atoms with E-state index in [1.54, 1.807) is 16.2 Å². The molecule has 1 aromatic rings. The first-order chi connectivity index (χ1) is 10.2. The van der Waals surface area contributed by atoms with E-state index in [4.69, 9.17) is 10.5 Å². The van der Waals surface area contributed by atoms with Crippen molar-refractivity contribution in [2.75, 3.05) is 11.9 Å². The molecular weight excluding hydrogens is 300 g/mol. The first kappa shape index (κ1) is 14.9. The van der Waals surface area contributed by atoms with Gasteiger partial charge in [0, 0.05) is 11.4 Å². The summed E-state index contributed by atoms with van der Waals surface area (Å²) in [4.78, 5) is 19.3. The van der Waals surface area contributed by atoms with E-state index in [2.05, 4.69) is 16.9 Å². The van der Waals surface area contributed by atoms with Gasteiger partial charge in [-0.2, -0.15) is 0 Å². The average molecular weight is 320 g/mol. The van der Waals surface area contributed by atoms with Crippen molar-refractivity contribution in [2.45, 2.75) is 39.3 Å². The predicted molar refractivity (Wildman–Crippen MR) is 88.2 cm³/mol. The van der Waals surface area contributed by atoms with Gasteiger partial charge in [0.25, 0.3) is 0 Å². The summed E-state index contributed by atoms with van der Waals surface area (Å²) in [7, 11) is 0. The van der Waals surface area contributed by atoms with Crippen molar-refractivity contribution in [1.82, 2.24) is 4.90 Å². The molecule has 0 aromatic carbocycles. The first-order valence-electron chi connectivity index (χ1n) is 7.17. The van der Waals surface area contributed by atoms with Crippen LogP contribution in [0.25, 0.3) is 0 Å². The van der Waals surface area contributed by atoms with Crippen molar-refractivity contribution >= 4 is 28.3 Å². The largest absolute Gasteiger partial charge is 0.444 e. The Labute approximate surface area is 133 Å². The fourth-order valence-electron chi connectivity index (χ4n) is 2.61. The Bertz CT molecular complexity index is 684. The molecule has 7 heteroatoms. The average Bonchev–Trinajstić information content (AvgIpc) is 2.73. The molecule has 0 bridgehead atoms. The quantitative estimate of drug-likeness (QED) is 0.770. The molecule has 0 saturated heterocycles. The van der Waals surface area contributed by atoms with E-state index in [9.17, 15) is 4.79 Å². The lowest BCUT2D eigenvalue weighted by Crippen LogP contribution is -2.39. The normalized spacial score (nSPS) is 17.3. The van der Waals surface area contributed by atoms with Crippen LogP contribution in [0.5, 0.6) is 0 Å². The minimum Gasteiger partial charge on any atom is -0.444 e. The van der Waals surface area contributed by atoms with Gasteiger partial charge >= 0.3 is 6.09 Å². The molecule has 0 atom stereocenters. The number of nitrogens with zero attached hydrogens (tertiary/aromatic N) is 2. The zero-order valence-electron chi connectivity index (χ0n) is 13.0. The monoisotopic (exact) mass is 320 g/mol. The van der Waals surface area contributed by atoms with Crippen molar-refractivity contribution < 1.29 is 9.53 Å². The highest BCUT2D eigenvalue weighted by Crippen LogP contribution is 2.39. The van der Waals surface area contributed by atoms with Crippen molar-refractivity contribution in [3.63, 3.8) is 0 Å². The lowest BCUT2D eigenvalue weighted by molar-refractivity contribution is 0.0226. The molecule has 2 aliphatic heterocycles. The molecule has 1 amide bonds. The molecule has 0 radical (unpaired) electrons. The number of ether oxygens (including phenoxy) is 1. The Hall–Kier alpha value is -2.02. The number of hydrogen-bond acceptors (Lipinski definition) is 6. The van der Waals surface area contributed by atoms with E-state index in [1.165, 1.54) is 5.56 Å². The molecule has 1 aromatic heterocycles. The molecule has 3 N–H and O–H groups in total. The molecule has 118 valence electrons. The maximum Gasteiger partial charge on any atom is 0.410 e. The fourth-order valence-corrected chi connectivity index (χ4v) is 3.90. The number of carbonyl (C=O) groups excluding carboxylic acids is 1. The minimum atomic E-state index is -0.484. The third kappa shape index (κ3) is 2.68. The van der Waals surface area contributed by atoms with Crippen molar-refractivity contribution in [2.24, 2.45) is 10.7 Å². The van der Waals surface area contributed by atoms with E-state index >= 15 is 0 Å². The molecule has 0 fully saturated rings. The molecule has 22 heavy (non-hydrogen) atoms. The molecule has 0 spiro atoms. The summed E-state index contributed by atoms with van der Waals surface area (Å²) >= 11 is 1.60. The van der Waals surface area contributed by atoms with Crippen LogP contribution in [0.4, 0.5) is 9.80 Å². The van der Waals surface area contributed by atoms with Crippen LogP contribution in [0.3, 0.4) is 0 Å². The van der Waals surface area contributed by atoms with Gasteiger partial charge in [-0.15, -0.1) is 11.3 Å². The van der Waals surface area contributed by atoms with Crippen LogP contribution in [0, 0.1) is 0 Å². The number of rotatable bonds is 0. The van der Waals surface area contributed by atoms with E-state index in [-0.39, 0.29) is 6.09 Å². The zero-order valence-corrected chi connectivity index (χ0v) is 13.8. The highest BCUT2D eigenvalue weighted by molar-refractivity contribution is 7.16. The Morgan fingerprint density at radius 1 is 1.50 bits per heavy atom. The number of nitrogens with one attached hydrogen (secondary N) is 1. The van der Waals surface area contributed by atoms with Crippen molar-refractivity contribution in [3.05, 3.63) is 28.4 Å². The highest BCUT2D eigenvalue weighted by atomic mass is 32.1. The molecule has 3 rings (SSSR count). The molecular formula is C15H20N4O2S. The van der Waals surface area contributed by atoms with Gasteiger partial charge in [0.2, 0.25) is 0 Å². The number of amides is 1. The summed E-state index contributed by atoms with van der Waals surface area (Å²) < 4.78 is 5.45. The second kappa shape index (κ2) is 5.01. The van der Waals surface area contributed by atoms with Gasteiger partial charge in [0.15, 0.2) is 0 Å². The van der Waals surface area contributed by atoms with Crippen LogP contribution in [0.15, 0.2) is 17.4 Å². The van der Waals surface area contributed by atoms with Crippen LogP contribution >= 0.6 is 11.3 Å². The second-order valence-corrected chi connectivity index (χ2v) is 7.53. The van der Waals surface area contributed by atoms with Gasteiger partial charge in [-0.05, 0) is 32.8 Å². The molecule has 0 aliphatic carbocycles. The van der Waals surface area contributed by atoms with Gasteiger partial charge in [0.05, 0.1) is 12.1 Å². The van der Waals surface area contributed by atoms with Gasteiger partial charge in [-0.3, -0.25) is 0 Å². The molecule has 0 unspecified atom stereocenters. The van der Waals surface area contributed by atoms with Gasteiger partial charge in [0.1, 0.15) is 22.3 Å². The summed E-state index contributed by atoms with van der Waals surface area (Å²) in [5.74, 6) is 1.05. The lowest BCUT2D eigenvalue weighted by atomic mass is 10.0. The number of thiophene rings is 1. The van der Waals surface area contributed by atoms with Gasteiger partial charge in [-0.1, -0.05) is 6.58 Å². The third-order valence-corrected chi connectivity index (χ3v) is 4.61. The fraction of sp³-hybridized carbons (Fsp3) is 0.467. The number of fused-ring (bicyclic) bond motifs is 3. The van der Waals surface area contributed by atoms with Gasteiger partial charge < -0.3 is 20.7 Å². The molecule has 3 heterocycles. The number of anilines is 1. The van der Waals surface area contributed by atoms with Crippen molar-refractivity contribution in [3.8, 4) is 0 Å². The maximum absolute atomic E-state index is 12.2. The van der Waals surface area contributed by atoms with E-state index in [1.807, 2.05) is 20.8 Å². The summed E-state index contributed by atoms with van der Waals surface area (Å²) in [6, 6.07) is 0. The molecule has 6 nitrogen and oxygen atoms in total. The minimum absolute atomic E-state index is 0.275. The third-order valence-electron chi connectivity index (χ3n) is 3.48. The summed E-state index contributed by atoms with van der Waals surface area (Å²) in [6.07, 6.45) is 0.480. The number of nitrogens with two attached hydrogens (primary N) is 1. The Morgan fingerprint density at radius 3 is 2.91 bits per heavy atom. The predicted octanol–water partition coefficient (Wildman–Crippen LogP) is 2.64. The molecule has 2 aliphatic rings. The Kier molecular flexibility index (Phi) is 3.40. The second-order valence-electron chi connectivity index (χ2n) is 6.43. The van der Waals surface area contributed by atoms with Crippen LogP contribution in [0.2, 0.25) is 0 Å². The number of amidine groups is 1. The Balaban J connectivity index is 1.84. The zero-order chi connectivity index (χ0) is 16.1. The summed E-state index contributed by atoms with van der Waals surface area (Å²) in [6.45, 7) is 10.6. The number of carbonyl (C=O) groups is 1. The van der Waals surface area contributed by atoms with Crippen LogP contribution < -0.4 is 11.1 Å². The smallest absolute Gasteiger partial charge is 0.410 e. The first-order valence-corrected chi connectivity index (χ1v) is 7.99. The van der Waals surface area contributed by atoms with E-state index in [0.717, 1.165) is 21.9 Å². The number of hydrogen-bond donors (Lipinski definition) is 2. The topological polar surface area (TPSA) is 80.0 Å². The maximum atomic E-state index is 12.2. The number of aliphatic imine (C=N–C) groups is 1. The summed E-state index contributed by atoms with van der Waals surface area (Å²) in [5.41, 5.74) is 7.70. The van der Waals surface area contributed by atoms with Gasteiger partial charge in [-0.25, -0.2) is 9.79 Å². The highest BCUT2D eigenvalue weighted by Gasteiger charge is 2.31. The SMILES string of the molecule is C=C1N=C(N)c2c(sc3c2CCN(C(=O)OC(C)(C)C)C3)N1. The lowest BCUT2D eigenvalue weighted by Gasteiger charge is -2.30. The van der Waals surface area contributed by atoms with E-state index in [0.29, 0.717) is 24.7 Å². The van der Waals surface area contributed by atoms with Crippen LogP contribution in [-0.4, -0.2) is 29.0 Å². The van der Waals surface area contributed by atoms with Crippen molar-refractivity contribution in [1.29, 1.82) is 0 Å².